The van der Waals surface area contributed by atoms with E-state index < -0.39 is 0 Å². The van der Waals surface area contributed by atoms with Gasteiger partial charge in [-0.2, -0.15) is 0 Å². The molecule has 2 aromatic carbocycles. The standard InChI is InChI=1S/C20H18ClNO/c1-14-6-3-4-8-16(14)13-22-11-10-17(23)12-19(22)18-9-5-7-15(2)20(18)21/h3-12H,13H2,1-2H3. The number of aromatic nitrogens is 1. The highest BCUT2D eigenvalue weighted by atomic mass is 35.5. The van der Waals surface area contributed by atoms with E-state index in [0.717, 1.165) is 16.8 Å². The minimum atomic E-state index is -0.0152. The van der Waals surface area contributed by atoms with Crippen LogP contribution in [0.25, 0.3) is 11.3 Å². The van der Waals surface area contributed by atoms with Crippen molar-refractivity contribution >= 4 is 11.6 Å². The Kier molecular flexibility index (Phi) is 4.35. The second kappa shape index (κ2) is 6.43. The molecular formula is C20H18ClNO. The van der Waals surface area contributed by atoms with Gasteiger partial charge in [0.1, 0.15) is 0 Å². The van der Waals surface area contributed by atoms with Gasteiger partial charge in [-0.1, -0.05) is 54.1 Å². The molecular weight excluding hydrogens is 306 g/mol. The maximum atomic E-state index is 11.9. The number of rotatable bonds is 3. The Morgan fingerprint density at radius 1 is 0.957 bits per heavy atom. The van der Waals surface area contributed by atoms with E-state index in [-0.39, 0.29) is 5.43 Å². The summed E-state index contributed by atoms with van der Waals surface area (Å²) < 4.78 is 2.07. The van der Waals surface area contributed by atoms with Crippen molar-refractivity contribution in [3.05, 3.63) is 92.7 Å². The third-order valence-electron chi connectivity index (χ3n) is 4.08. The van der Waals surface area contributed by atoms with Gasteiger partial charge in [0.25, 0.3) is 0 Å². The van der Waals surface area contributed by atoms with Gasteiger partial charge in [-0.15, -0.1) is 0 Å². The Bertz CT molecular complexity index is 912. The lowest BCUT2D eigenvalue weighted by Crippen LogP contribution is -2.10. The molecule has 0 N–H and O–H groups in total. The van der Waals surface area contributed by atoms with Crippen LogP contribution in [-0.2, 0) is 6.54 Å². The van der Waals surface area contributed by atoms with Gasteiger partial charge in [-0.3, -0.25) is 4.79 Å². The van der Waals surface area contributed by atoms with Crippen LogP contribution in [0.4, 0.5) is 0 Å². The smallest absolute Gasteiger partial charge is 0.182 e. The maximum Gasteiger partial charge on any atom is 0.182 e. The topological polar surface area (TPSA) is 22.0 Å². The number of benzene rings is 2. The highest BCUT2D eigenvalue weighted by molar-refractivity contribution is 6.34. The van der Waals surface area contributed by atoms with Crippen molar-refractivity contribution in [2.45, 2.75) is 20.4 Å². The zero-order valence-corrected chi connectivity index (χ0v) is 14.0. The summed E-state index contributed by atoms with van der Waals surface area (Å²) in [4.78, 5) is 11.9. The molecule has 1 heterocycles. The average Bonchev–Trinajstić information content (AvgIpc) is 2.54. The number of nitrogens with zero attached hydrogens (tertiary/aromatic N) is 1. The molecule has 3 heteroatoms. The van der Waals surface area contributed by atoms with Crippen molar-refractivity contribution in [1.82, 2.24) is 4.57 Å². The lowest BCUT2D eigenvalue weighted by atomic mass is 10.1. The van der Waals surface area contributed by atoms with Crippen molar-refractivity contribution < 1.29 is 0 Å². The number of hydrogen-bond acceptors (Lipinski definition) is 1. The molecule has 23 heavy (non-hydrogen) atoms. The van der Waals surface area contributed by atoms with Crippen molar-refractivity contribution in [2.75, 3.05) is 0 Å². The minimum Gasteiger partial charge on any atom is -0.343 e. The lowest BCUT2D eigenvalue weighted by Gasteiger charge is -2.16. The van der Waals surface area contributed by atoms with Crippen LogP contribution in [0.15, 0.2) is 65.6 Å². The van der Waals surface area contributed by atoms with Crippen LogP contribution in [0.5, 0.6) is 0 Å². The molecule has 0 unspecified atom stereocenters. The zero-order valence-electron chi connectivity index (χ0n) is 13.2. The van der Waals surface area contributed by atoms with E-state index in [1.807, 2.05) is 43.5 Å². The van der Waals surface area contributed by atoms with Crippen molar-refractivity contribution in [3.8, 4) is 11.3 Å². The third-order valence-corrected chi connectivity index (χ3v) is 4.58. The molecule has 116 valence electrons. The molecule has 0 aliphatic rings. The van der Waals surface area contributed by atoms with Crippen LogP contribution in [0.2, 0.25) is 5.02 Å². The molecule has 0 saturated carbocycles. The second-order valence-electron chi connectivity index (χ2n) is 5.74. The van der Waals surface area contributed by atoms with Gasteiger partial charge in [-0.25, -0.2) is 0 Å². The molecule has 1 aromatic heterocycles. The van der Waals surface area contributed by atoms with Gasteiger partial charge >= 0.3 is 0 Å². The third kappa shape index (κ3) is 3.22. The van der Waals surface area contributed by atoms with Gasteiger partial charge in [0, 0.05) is 30.4 Å². The summed E-state index contributed by atoms with van der Waals surface area (Å²) in [6.07, 6.45) is 1.84. The summed E-state index contributed by atoms with van der Waals surface area (Å²) in [6.45, 7) is 4.77. The van der Waals surface area contributed by atoms with E-state index >= 15 is 0 Å². The van der Waals surface area contributed by atoms with E-state index in [1.165, 1.54) is 11.1 Å². The first-order valence-corrected chi connectivity index (χ1v) is 7.94. The van der Waals surface area contributed by atoms with Crippen LogP contribution in [0.3, 0.4) is 0 Å². The first kappa shape index (κ1) is 15.6. The van der Waals surface area contributed by atoms with E-state index in [0.29, 0.717) is 11.6 Å². The van der Waals surface area contributed by atoms with Crippen LogP contribution in [0, 0.1) is 13.8 Å². The highest BCUT2D eigenvalue weighted by Crippen LogP contribution is 2.30. The first-order valence-electron chi connectivity index (χ1n) is 7.57. The summed E-state index contributed by atoms with van der Waals surface area (Å²) in [5, 5.41) is 0.691. The van der Waals surface area contributed by atoms with Crippen LogP contribution in [-0.4, -0.2) is 4.57 Å². The Hall–Kier alpha value is -2.32. The lowest BCUT2D eigenvalue weighted by molar-refractivity contribution is 0.793. The predicted octanol–water partition coefficient (Wildman–Crippen LogP) is 4.83. The Morgan fingerprint density at radius 3 is 2.48 bits per heavy atom. The van der Waals surface area contributed by atoms with Gasteiger partial charge in [0.15, 0.2) is 5.43 Å². The monoisotopic (exact) mass is 323 g/mol. The number of aryl methyl sites for hydroxylation is 2. The largest absolute Gasteiger partial charge is 0.343 e. The second-order valence-corrected chi connectivity index (χ2v) is 6.12. The Morgan fingerprint density at radius 2 is 1.70 bits per heavy atom. The summed E-state index contributed by atoms with van der Waals surface area (Å²) in [7, 11) is 0. The Balaban J connectivity index is 2.14. The molecule has 0 fully saturated rings. The average molecular weight is 324 g/mol. The van der Waals surface area contributed by atoms with Crippen LogP contribution >= 0.6 is 11.6 Å². The molecule has 3 aromatic rings. The van der Waals surface area contributed by atoms with Gasteiger partial charge < -0.3 is 4.57 Å². The normalized spacial score (nSPS) is 10.7. The summed E-state index contributed by atoms with van der Waals surface area (Å²) >= 11 is 6.47. The molecule has 0 radical (unpaired) electrons. The van der Waals surface area contributed by atoms with Crippen molar-refractivity contribution in [2.24, 2.45) is 0 Å². The van der Waals surface area contributed by atoms with E-state index in [9.17, 15) is 4.79 Å². The van der Waals surface area contributed by atoms with Gasteiger partial charge in [0.2, 0.25) is 0 Å². The molecule has 0 aliphatic carbocycles. The number of halogens is 1. The number of pyridine rings is 1. The fourth-order valence-corrected chi connectivity index (χ4v) is 2.92. The fourth-order valence-electron chi connectivity index (χ4n) is 2.70. The molecule has 0 saturated heterocycles. The van der Waals surface area contributed by atoms with Crippen LogP contribution < -0.4 is 5.43 Å². The minimum absolute atomic E-state index is 0.0152. The summed E-state index contributed by atoms with van der Waals surface area (Å²) in [5.74, 6) is 0. The quantitative estimate of drug-likeness (QED) is 0.676. The van der Waals surface area contributed by atoms with E-state index in [1.54, 1.807) is 12.1 Å². The van der Waals surface area contributed by atoms with E-state index in [2.05, 4.69) is 23.6 Å². The molecule has 3 rings (SSSR count). The molecule has 0 bridgehead atoms. The fraction of sp³-hybridized carbons (Fsp3) is 0.150. The van der Waals surface area contributed by atoms with Gasteiger partial charge in [-0.05, 0) is 30.5 Å². The molecule has 0 aliphatic heterocycles. The van der Waals surface area contributed by atoms with Crippen molar-refractivity contribution in [1.29, 1.82) is 0 Å². The van der Waals surface area contributed by atoms with Crippen molar-refractivity contribution in [3.63, 3.8) is 0 Å². The maximum absolute atomic E-state index is 11.9. The molecule has 0 atom stereocenters. The SMILES string of the molecule is Cc1ccccc1Cn1ccc(=O)cc1-c1cccc(C)c1Cl. The predicted molar refractivity (Wildman–Crippen MR) is 96.2 cm³/mol. The first-order chi connectivity index (χ1) is 11.1. The molecule has 0 amide bonds. The van der Waals surface area contributed by atoms with Crippen LogP contribution in [0.1, 0.15) is 16.7 Å². The summed E-state index contributed by atoms with van der Waals surface area (Å²) in [5.41, 5.74) is 5.17. The summed E-state index contributed by atoms with van der Waals surface area (Å²) in [6, 6.07) is 17.4. The highest BCUT2D eigenvalue weighted by Gasteiger charge is 2.11. The number of hydrogen-bond donors (Lipinski definition) is 0. The Labute approximate surface area is 141 Å². The van der Waals surface area contributed by atoms with Gasteiger partial charge in [0.05, 0.1) is 10.7 Å². The molecule has 0 spiro atoms. The van der Waals surface area contributed by atoms with E-state index in [4.69, 9.17) is 11.6 Å². The zero-order chi connectivity index (χ0) is 16.4. The molecule has 2 nitrogen and oxygen atoms in total.